The maximum atomic E-state index is 13.3. The van der Waals surface area contributed by atoms with Crippen LogP contribution in [0.4, 0.5) is 0 Å². The monoisotopic (exact) mass is 389 g/mol. The van der Waals surface area contributed by atoms with E-state index in [0.29, 0.717) is 5.56 Å². The van der Waals surface area contributed by atoms with E-state index < -0.39 is 29.0 Å². The molecule has 1 rings (SSSR count). The van der Waals surface area contributed by atoms with Gasteiger partial charge in [-0.3, -0.25) is 9.59 Å². The molecule has 0 heterocycles. The van der Waals surface area contributed by atoms with Crippen LogP contribution in [0.25, 0.3) is 5.57 Å². The number of hydrogen-bond donors (Lipinski definition) is 0. The summed E-state index contributed by atoms with van der Waals surface area (Å²) >= 11 is 0. The van der Waals surface area contributed by atoms with E-state index >= 15 is 0 Å². The summed E-state index contributed by atoms with van der Waals surface area (Å²) in [7, 11) is 0. The number of ketones is 1. The quantitative estimate of drug-likeness (QED) is 0.346. The number of ether oxygens (including phenoxy) is 2. The molecule has 0 unspecified atom stereocenters. The van der Waals surface area contributed by atoms with E-state index in [9.17, 15) is 19.2 Å². The van der Waals surface area contributed by atoms with Crippen molar-refractivity contribution in [1.29, 1.82) is 0 Å². The average Bonchev–Trinajstić information content (AvgIpc) is 2.70. The summed E-state index contributed by atoms with van der Waals surface area (Å²) in [6, 6.07) is 8.24. The summed E-state index contributed by atoms with van der Waals surface area (Å²) in [6.07, 6.45) is 0. The SMILES string of the molecule is C=C(c1ccccc1)C(C(=O)OCC)(C(=O)OCC)C(=O)C(=O)N(CC)CC. The first-order valence-corrected chi connectivity index (χ1v) is 9.25. The third kappa shape index (κ3) is 4.30. The molecule has 1 aromatic carbocycles. The molecule has 0 spiro atoms. The number of benzene rings is 1. The summed E-state index contributed by atoms with van der Waals surface area (Å²) in [6.45, 7) is 10.6. The molecule has 7 heteroatoms. The third-order valence-electron chi connectivity index (χ3n) is 4.32. The number of hydrogen-bond acceptors (Lipinski definition) is 6. The van der Waals surface area contributed by atoms with Gasteiger partial charge in [0.1, 0.15) is 0 Å². The highest BCUT2D eigenvalue weighted by atomic mass is 16.6. The minimum absolute atomic E-state index is 0.0885. The van der Waals surface area contributed by atoms with Crippen molar-refractivity contribution >= 4 is 29.2 Å². The lowest BCUT2D eigenvalue weighted by molar-refractivity contribution is -0.172. The first-order chi connectivity index (χ1) is 13.3. The molecule has 0 atom stereocenters. The highest BCUT2D eigenvalue weighted by Gasteiger charge is 2.60. The molecule has 0 aliphatic rings. The van der Waals surface area contributed by atoms with Crippen molar-refractivity contribution in [2.75, 3.05) is 26.3 Å². The normalized spacial score (nSPS) is 10.7. The number of nitrogens with zero attached hydrogens (tertiary/aromatic N) is 1. The highest BCUT2D eigenvalue weighted by Crippen LogP contribution is 2.38. The maximum absolute atomic E-state index is 13.3. The molecule has 28 heavy (non-hydrogen) atoms. The molecule has 0 aromatic heterocycles. The summed E-state index contributed by atoms with van der Waals surface area (Å²) in [5.74, 6) is -4.55. The fourth-order valence-corrected chi connectivity index (χ4v) is 2.80. The lowest BCUT2D eigenvalue weighted by atomic mass is 9.73. The Hall–Kier alpha value is -2.96. The predicted molar refractivity (Wildman–Crippen MR) is 104 cm³/mol. The Morgan fingerprint density at radius 1 is 0.893 bits per heavy atom. The zero-order valence-corrected chi connectivity index (χ0v) is 16.8. The van der Waals surface area contributed by atoms with Gasteiger partial charge in [-0.25, -0.2) is 9.59 Å². The Labute approximate surface area is 165 Å². The number of carbonyl (C=O) groups is 4. The smallest absolute Gasteiger partial charge is 0.336 e. The highest BCUT2D eigenvalue weighted by molar-refractivity contribution is 6.50. The molecule has 0 bridgehead atoms. The number of amides is 1. The molecule has 0 N–H and O–H groups in total. The van der Waals surface area contributed by atoms with Gasteiger partial charge in [-0.05, 0) is 38.8 Å². The fourth-order valence-electron chi connectivity index (χ4n) is 2.80. The number of likely N-dealkylation sites (N-methyl/N-ethyl adjacent to an activating group) is 1. The third-order valence-corrected chi connectivity index (χ3v) is 4.32. The van der Waals surface area contributed by atoms with Crippen molar-refractivity contribution in [2.45, 2.75) is 27.7 Å². The standard InChI is InChI=1S/C21H27NO6/c1-6-22(7-2)18(24)17(23)21(19(25)27-8-3,20(26)28-9-4)15(5)16-13-11-10-12-14-16/h10-14H,5-9H2,1-4H3. The molecule has 1 amide bonds. The van der Waals surface area contributed by atoms with Gasteiger partial charge >= 0.3 is 11.9 Å². The van der Waals surface area contributed by atoms with Crippen molar-refractivity contribution in [3.8, 4) is 0 Å². The van der Waals surface area contributed by atoms with Crippen LogP contribution in [-0.4, -0.2) is 54.8 Å². The zero-order valence-electron chi connectivity index (χ0n) is 16.8. The molecule has 0 fully saturated rings. The first kappa shape index (κ1) is 23.1. The Balaban J connectivity index is 3.71. The lowest BCUT2D eigenvalue weighted by Crippen LogP contribution is -2.55. The molecular formula is C21H27NO6. The van der Waals surface area contributed by atoms with Gasteiger partial charge in [0.2, 0.25) is 0 Å². The average molecular weight is 389 g/mol. The Morgan fingerprint density at radius 3 is 1.75 bits per heavy atom. The number of carbonyl (C=O) groups excluding carboxylic acids is 4. The van der Waals surface area contributed by atoms with Crippen LogP contribution in [0, 0.1) is 5.41 Å². The maximum Gasteiger partial charge on any atom is 0.336 e. The van der Waals surface area contributed by atoms with Gasteiger partial charge in [0, 0.05) is 13.1 Å². The molecule has 7 nitrogen and oxygen atoms in total. The molecule has 0 radical (unpaired) electrons. The second-order valence-corrected chi connectivity index (χ2v) is 5.84. The number of esters is 2. The van der Waals surface area contributed by atoms with E-state index in [0.717, 1.165) is 0 Å². The van der Waals surface area contributed by atoms with Crippen molar-refractivity contribution in [3.05, 3.63) is 42.5 Å². The van der Waals surface area contributed by atoms with Crippen LogP contribution in [-0.2, 0) is 28.7 Å². The Bertz CT molecular complexity index is 719. The van der Waals surface area contributed by atoms with Gasteiger partial charge in [-0.2, -0.15) is 0 Å². The van der Waals surface area contributed by atoms with Crippen LogP contribution in [0.3, 0.4) is 0 Å². The van der Waals surface area contributed by atoms with Gasteiger partial charge in [-0.1, -0.05) is 36.9 Å². The Kier molecular flexibility index (Phi) is 8.57. The molecule has 0 aliphatic carbocycles. The van der Waals surface area contributed by atoms with Crippen LogP contribution in [0.1, 0.15) is 33.3 Å². The molecular weight excluding hydrogens is 362 g/mol. The zero-order chi connectivity index (χ0) is 21.3. The van der Waals surface area contributed by atoms with Crippen LogP contribution in [0.5, 0.6) is 0 Å². The molecule has 0 saturated heterocycles. The van der Waals surface area contributed by atoms with Crippen LogP contribution < -0.4 is 0 Å². The van der Waals surface area contributed by atoms with E-state index in [4.69, 9.17) is 9.47 Å². The lowest BCUT2D eigenvalue weighted by Gasteiger charge is -2.31. The van der Waals surface area contributed by atoms with E-state index in [1.165, 1.54) is 18.7 Å². The van der Waals surface area contributed by atoms with Crippen molar-refractivity contribution in [2.24, 2.45) is 5.41 Å². The van der Waals surface area contributed by atoms with Gasteiger partial charge in [0.05, 0.1) is 13.2 Å². The second kappa shape index (κ2) is 10.4. The van der Waals surface area contributed by atoms with Crippen LogP contribution >= 0.6 is 0 Å². The molecule has 1 aromatic rings. The molecule has 0 saturated carbocycles. The van der Waals surface area contributed by atoms with Crippen molar-refractivity contribution < 1.29 is 28.7 Å². The van der Waals surface area contributed by atoms with Crippen LogP contribution in [0.2, 0.25) is 0 Å². The fraction of sp³-hybridized carbons (Fsp3) is 0.429. The molecule has 0 aliphatic heterocycles. The molecule has 152 valence electrons. The summed E-state index contributed by atoms with van der Waals surface area (Å²) in [5.41, 5.74) is -2.41. The predicted octanol–water partition coefficient (Wildman–Crippen LogP) is 2.25. The van der Waals surface area contributed by atoms with Crippen molar-refractivity contribution in [3.63, 3.8) is 0 Å². The summed E-state index contributed by atoms with van der Waals surface area (Å²) in [5, 5.41) is 0. The van der Waals surface area contributed by atoms with Gasteiger partial charge in [-0.15, -0.1) is 0 Å². The minimum atomic E-state index is -2.60. The summed E-state index contributed by atoms with van der Waals surface area (Å²) in [4.78, 5) is 53.3. The Morgan fingerprint density at radius 2 is 1.36 bits per heavy atom. The van der Waals surface area contributed by atoms with Gasteiger partial charge < -0.3 is 14.4 Å². The first-order valence-electron chi connectivity index (χ1n) is 9.25. The summed E-state index contributed by atoms with van der Waals surface area (Å²) < 4.78 is 10.1. The van der Waals surface area contributed by atoms with Gasteiger partial charge in [0.25, 0.3) is 17.1 Å². The second-order valence-electron chi connectivity index (χ2n) is 5.84. The van der Waals surface area contributed by atoms with E-state index in [2.05, 4.69) is 6.58 Å². The van der Waals surface area contributed by atoms with Crippen molar-refractivity contribution in [1.82, 2.24) is 4.90 Å². The van der Waals surface area contributed by atoms with E-state index in [1.807, 2.05) is 0 Å². The number of Topliss-reactive ketones (excluding diaryl/α,β-unsaturated/α-hetero) is 1. The van der Waals surface area contributed by atoms with E-state index in [1.54, 1.807) is 44.2 Å². The largest absolute Gasteiger partial charge is 0.465 e. The topological polar surface area (TPSA) is 90.0 Å². The van der Waals surface area contributed by atoms with Crippen LogP contribution in [0.15, 0.2) is 36.9 Å². The minimum Gasteiger partial charge on any atom is -0.465 e. The number of rotatable bonds is 10. The van der Waals surface area contributed by atoms with Gasteiger partial charge in [0.15, 0.2) is 0 Å². The van der Waals surface area contributed by atoms with E-state index in [-0.39, 0.29) is 31.9 Å².